The molecule has 0 aliphatic heterocycles. The summed E-state index contributed by atoms with van der Waals surface area (Å²) in [7, 11) is 0. The third-order valence-electron chi connectivity index (χ3n) is 3.82. The summed E-state index contributed by atoms with van der Waals surface area (Å²) in [5, 5.41) is 6.30. The van der Waals surface area contributed by atoms with Crippen LogP contribution in [0.5, 0.6) is 0 Å². The predicted molar refractivity (Wildman–Crippen MR) is 78.2 cm³/mol. The van der Waals surface area contributed by atoms with Crippen molar-refractivity contribution in [2.45, 2.75) is 65.5 Å². The highest BCUT2D eigenvalue weighted by molar-refractivity contribution is 5.67. The number of rotatable bonds is 4. The molecule has 1 saturated carbocycles. The van der Waals surface area contributed by atoms with Crippen molar-refractivity contribution in [2.75, 3.05) is 13.1 Å². The molecule has 0 spiro atoms. The number of carbonyl (C=O) groups is 1. The minimum Gasteiger partial charge on any atom is -0.444 e. The van der Waals surface area contributed by atoms with Crippen LogP contribution in [0.4, 0.5) is 4.79 Å². The monoisotopic (exact) mass is 270 g/mol. The van der Waals surface area contributed by atoms with Crippen LogP contribution < -0.4 is 10.6 Å². The molecule has 0 aromatic rings. The molecule has 112 valence electrons. The molecule has 1 aliphatic carbocycles. The van der Waals surface area contributed by atoms with Crippen molar-refractivity contribution in [1.29, 1.82) is 0 Å². The van der Waals surface area contributed by atoms with Gasteiger partial charge >= 0.3 is 6.09 Å². The van der Waals surface area contributed by atoms with Crippen LogP contribution in [-0.2, 0) is 4.74 Å². The van der Waals surface area contributed by atoms with E-state index < -0.39 is 5.60 Å². The molecule has 4 nitrogen and oxygen atoms in total. The van der Waals surface area contributed by atoms with Crippen molar-refractivity contribution in [3.63, 3.8) is 0 Å². The summed E-state index contributed by atoms with van der Waals surface area (Å²) in [6.45, 7) is 11.7. The lowest BCUT2D eigenvalue weighted by atomic mass is 9.79. The number of amides is 1. The number of hydrogen-bond donors (Lipinski definition) is 2. The lowest BCUT2D eigenvalue weighted by Gasteiger charge is -2.32. The molecule has 0 aromatic carbocycles. The van der Waals surface area contributed by atoms with Crippen LogP contribution in [-0.4, -0.2) is 30.8 Å². The van der Waals surface area contributed by atoms with Crippen molar-refractivity contribution in [3.8, 4) is 0 Å². The SMILES string of the molecule is CC1CCC(NCCNC(=O)OC(C)(C)C)CC1C. The van der Waals surface area contributed by atoms with Crippen LogP contribution >= 0.6 is 0 Å². The molecule has 0 radical (unpaired) electrons. The van der Waals surface area contributed by atoms with Gasteiger partial charge in [-0.1, -0.05) is 13.8 Å². The van der Waals surface area contributed by atoms with E-state index in [1.165, 1.54) is 19.3 Å². The van der Waals surface area contributed by atoms with Gasteiger partial charge in [0.1, 0.15) is 5.60 Å². The number of ether oxygens (including phenoxy) is 1. The van der Waals surface area contributed by atoms with Crippen LogP contribution in [0, 0.1) is 11.8 Å². The Morgan fingerprint density at radius 3 is 2.42 bits per heavy atom. The van der Waals surface area contributed by atoms with Gasteiger partial charge < -0.3 is 15.4 Å². The molecule has 3 atom stereocenters. The van der Waals surface area contributed by atoms with Gasteiger partial charge in [0.15, 0.2) is 0 Å². The lowest BCUT2D eigenvalue weighted by molar-refractivity contribution is 0.0527. The Morgan fingerprint density at radius 2 is 1.84 bits per heavy atom. The molecule has 1 aliphatic rings. The maximum Gasteiger partial charge on any atom is 0.407 e. The minimum absolute atomic E-state index is 0.333. The zero-order valence-corrected chi connectivity index (χ0v) is 13.1. The van der Waals surface area contributed by atoms with Crippen LogP contribution in [0.3, 0.4) is 0 Å². The number of alkyl carbamates (subject to hydrolysis) is 1. The Kier molecular flexibility index (Phi) is 6.11. The third kappa shape index (κ3) is 6.81. The lowest BCUT2D eigenvalue weighted by Crippen LogP contribution is -2.41. The first-order valence-electron chi connectivity index (χ1n) is 7.48. The van der Waals surface area contributed by atoms with Gasteiger partial charge in [0.25, 0.3) is 0 Å². The second-order valence-electron chi connectivity index (χ2n) is 6.85. The number of carbonyl (C=O) groups excluding carboxylic acids is 1. The van der Waals surface area contributed by atoms with Crippen molar-refractivity contribution >= 4 is 6.09 Å². The maximum atomic E-state index is 11.4. The molecule has 0 saturated heterocycles. The van der Waals surface area contributed by atoms with E-state index in [4.69, 9.17) is 4.74 Å². The fourth-order valence-electron chi connectivity index (χ4n) is 2.49. The van der Waals surface area contributed by atoms with Crippen molar-refractivity contribution in [2.24, 2.45) is 11.8 Å². The zero-order valence-electron chi connectivity index (χ0n) is 13.1. The van der Waals surface area contributed by atoms with Gasteiger partial charge in [0.05, 0.1) is 0 Å². The average molecular weight is 270 g/mol. The second-order valence-corrected chi connectivity index (χ2v) is 6.85. The van der Waals surface area contributed by atoms with Crippen LogP contribution in [0.1, 0.15) is 53.9 Å². The van der Waals surface area contributed by atoms with E-state index in [0.29, 0.717) is 12.6 Å². The Bertz CT molecular complexity index is 286. The highest BCUT2D eigenvalue weighted by Crippen LogP contribution is 2.29. The van der Waals surface area contributed by atoms with E-state index in [-0.39, 0.29) is 6.09 Å². The van der Waals surface area contributed by atoms with Crippen molar-refractivity contribution < 1.29 is 9.53 Å². The Morgan fingerprint density at radius 1 is 1.16 bits per heavy atom. The highest BCUT2D eigenvalue weighted by Gasteiger charge is 2.23. The summed E-state index contributed by atoms with van der Waals surface area (Å²) < 4.78 is 5.18. The topological polar surface area (TPSA) is 50.4 Å². The Labute approximate surface area is 117 Å². The zero-order chi connectivity index (χ0) is 14.5. The number of nitrogens with one attached hydrogen (secondary N) is 2. The molecular weight excluding hydrogens is 240 g/mol. The molecule has 0 bridgehead atoms. The van der Waals surface area contributed by atoms with E-state index in [1.54, 1.807) is 0 Å². The van der Waals surface area contributed by atoms with Gasteiger partial charge in [-0.15, -0.1) is 0 Å². The quantitative estimate of drug-likeness (QED) is 0.772. The van der Waals surface area contributed by atoms with E-state index in [1.807, 2.05) is 20.8 Å². The molecule has 1 amide bonds. The van der Waals surface area contributed by atoms with E-state index >= 15 is 0 Å². The third-order valence-corrected chi connectivity index (χ3v) is 3.82. The summed E-state index contributed by atoms with van der Waals surface area (Å²) in [6, 6.07) is 0.603. The largest absolute Gasteiger partial charge is 0.444 e. The van der Waals surface area contributed by atoms with Gasteiger partial charge in [0, 0.05) is 19.1 Å². The molecule has 2 N–H and O–H groups in total. The van der Waals surface area contributed by atoms with Gasteiger partial charge in [-0.2, -0.15) is 0 Å². The fourth-order valence-corrected chi connectivity index (χ4v) is 2.49. The molecule has 19 heavy (non-hydrogen) atoms. The van der Waals surface area contributed by atoms with Gasteiger partial charge in [0.2, 0.25) is 0 Å². The average Bonchev–Trinajstić information content (AvgIpc) is 2.27. The Balaban J connectivity index is 2.09. The molecule has 1 fully saturated rings. The molecular formula is C15H30N2O2. The first-order valence-corrected chi connectivity index (χ1v) is 7.48. The van der Waals surface area contributed by atoms with Crippen molar-refractivity contribution in [3.05, 3.63) is 0 Å². The normalized spacial score (nSPS) is 27.9. The van der Waals surface area contributed by atoms with E-state index in [0.717, 1.165) is 18.4 Å². The van der Waals surface area contributed by atoms with Gasteiger partial charge in [-0.3, -0.25) is 0 Å². The summed E-state index contributed by atoms with van der Waals surface area (Å²) in [5.41, 5.74) is -0.424. The molecule has 0 aromatic heterocycles. The summed E-state index contributed by atoms with van der Waals surface area (Å²) in [4.78, 5) is 11.4. The van der Waals surface area contributed by atoms with Crippen LogP contribution in [0.15, 0.2) is 0 Å². The first-order chi connectivity index (χ1) is 8.78. The smallest absolute Gasteiger partial charge is 0.407 e. The summed E-state index contributed by atoms with van der Waals surface area (Å²) >= 11 is 0. The van der Waals surface area contributed by atoms with Crippen LogP contribution in [0.25, 0.3) is 0 Å². The van der Waals surface area contributed by atoms with Crippen LogP contribution in [0.2, 0.25) is 0 Å². The van der Waals surface area contributed by atoms with Crippen molar-refractivity contribution in [1.82, 2.24) is 10.6 Å². The second kappa shape index (κ2) is 7.13. The molecule has 3 unspecified atom stereocenters. The van der Waals surface area contributed by atoms with E-state index in [2.05, 4.69) is 24.5 Å². The molecule has 1 rings (SSSR count). The highest BCUT2D eigenvalue weighted by atomic mass is 16.6. The van der Waals surface area contributed by atoms with Gasteiger partial charge in [-0.05, 0) is 51.9 Å². The van der Waals surface area contributed by atoms with E-state index in [9.17, 15) is 4.79 Å². The first kappa shape index (κ1) is 16.3. The molecule has 0 heterocycles. The Hall–Kier alpha value is -0.770. The number of hydrogen-bond acceptors (Lipinski definition) is 3. The minimum atomic E-state index is -0.424. The standard InChI is InChI=1S/C15H30N2O2/c1-11-6-7-13(10-12(11)2)16-8-9-17-14(18)19-15(3,4)5/h11-13,16H,6-10H2,1-5H3,(H,17,18). The maximum absolute atomic E-state index is 11.4. The molecule has 4 heteroatoms. The summed E-state index contributed by atoms with van der Waals surface area (Å²) in [6.07, 6.45) is 3.46. The van der Waals surface area contributed by atoms with Gasteiger partial charge in [-0.25, -0.2) is 4.79 Å². The summed E-state index contributed by atoms with van der Waals surface area (Å²) in [5.74, 6) is 1.64. The predicted octanol–water partition coefficient (Wildman–Crippen LogP) is 2.93. The fraction of sp³-hybridized carbons (Fsp3) is 0.933.